The Morgan fingerprint density at radius 1 is 1.04 bits per heavy atom. The molecule has 0 spiro atoms. The molecule has 0 bridgehead atoms. The number of amides is 1. The molecule has 0 heterocycles. The van der Waals surface area contributed by atoms with E-state index < -0.39 is 6.04 Å². The monoisotopic (exact) mass is 374 g/mol. The first-order chi connectivity index (χ1) is 12.9. The Morgan fingerprint density at radius 2 is 1.56 bits per heavy atom. The van der Waals surface area contributed by atoms with Crippen molar-refractivity contribution in [2.45, 2.75) is 24.9 Å². The number of aromatic hydroxyl groups is 1. The van der Waals surface area contributed by atoms with Gasteiger partial charge in [-0.05, 0) is 48.2 Å². The average molecular weight is 374 g/mol. The number of carbonyl (C=O) groups is 1. The van der Waals surface area contributed by atoms with Crippen molar-refractivity contribution in [3.8, 4) is 11.5 Å². The molecule has 2 aromatic rings. The van der Waals surface area contributed by atoms with Crippen molar-refractivity contribution in [3.05, 3.63) is 59.7 Å². The zero-order chi connectivity index (χ0) is 20.2. The lowest BCUT2D eigenvalue weighted by Gasteiger charge is -2.09. The Kier molecular flexibility index (Phi) is 9.89. The van der Waals surface area contributed by atoms with E-state index in [1.54, 1.807) is 38.4 Å². The van der Waals surface area contributed by atoms with Crippen LogP contribution >= 0.6 is 0 Å². The zero-order valence-corrected chi connectivity index (χ0v) is 15.9. The van der Waals surface area contributed by atoms with Gasteiger partial charge in [-0.15, -0.1) is 0 Å². The number of likely N-dealkylation sites (N-methyl/N-ethyl adjacent to an activating group) is 1. The van der Waals surface area contributed by atoms with E-state index in [0.717, 1.165) is 17.7 Å². The first-order valence-corrected chi connectivity index (χ1v) is 8.73. The van der Waals surface area contributed by atoms with Crippen LogP contribution in [0.1, 0.15) is 11.1 Å². The van der Waals surface area contributed by atoms with Gasteiger partial charge in [0.05, 0.1) is 13.2 Å². The summed E-state index contributed by atoms with van der Waals surface area (Å²) in [6.07, 6.45) is 1.29. The summed E-state index contributed by atoms with van der Waals surface area (Å²) in [6, 6.07) is 14.0. The highest BCUT2D eigenvalue weighted by Gasteiger charge is 2.11. The van der Waals surface area contributed by atoms with Crippen molar-refractivity contribution in [1.82, 2.24) is 5.32 Å². The summed E-state index contributed by atoms with van der Waals surface area (Å²) in [5.41, 5.74) is 18.9. The molecular weight excluding hydrogens is 344 g/mol. The van der Waals surface area contributed by atoms with E-state index >= 15 is 0 Å². The minimum Gasteiger partial charge on any atom is -0.508 e. The molecule has 148 valence electrons. The van der Waals surface area contributed by atoms with Crippen molar-refractivity contribution in [2.24, 2.45) is 17.2 Å². The highest BCUT2D eigenvalue weighted by Crippen LogP contribution is 2.12. The molecule has 1 unspecified atom stereocenters. The molecular formula is C20H30N4O3. The number of carbonyl (C=O) groups excluding carboxylic acids is 1. The van der Waals surface area contributed by atoms with E-state index in [1.165, 1.54) is 5.56 Å². The number of nitrogens with one attached hydrogen (secondary N) is 1. The molecule has 7 nitrogen and oxygen atoms in total. The molecule has 0 saturated heterocycles. The van der Waals surface area contributed by atoms with Crippen LogP contribution in [0.25, 0.3) is 0 Å². The van der Waals surface area contributed by atoms with Crippen molar-refractivity contribution in [1.29, 1.82) is 0 Å². The number of ether oxygens (including phenoxy) is 1. The van der Waals surface area contributed by atoms with Crippen LogP contribution in [0.2, 0.25) is 0 Å². The maximum Gasteiger partial charge on any atom is 0.237 e. The fourth-order valence-corrected chi connectivity index (χ4v) is 2.31. The van der Waals surface area contributed by atoms with Gasteiger partial charge >= 0.3 is 0 Å². The lowest BCUT2D eigenvalue weighted by Crippen LogP contribution is -2.40. The molecule has 0 aliphatic carbocycles. The van der Waals surface area contributed by atoms with Crippen molar-refractivity contribution >= 4 is 5.91 Å². The molecule has 2 aromatic carbocycles. The SMILES string of the molecule is CNC(=O)[C@@H](N)Cc1ccc(O)cc1.COc1ccc(CC(N)CN)cc1. The Bertz CT molecular complexity index is 675. The summed E-state index contributed by atoms with van der Waals surface area (Å²) in [6.45, 7) is 0.520. The second-order valence-electron chi connectivity index (χ2n) is 6.14. The van der Waals surface area contributed by atoms with Crippen LogP contribution in [0.3, 0.4) is 0 Å². The van der Waals surface area contributed by atoms with Gasteiger partial charge in [-0.2, -0.15) is 0 Å². The molecule has 27 heavy (non-hydrogen) atoms. The van der Waals surface area contributed by atoms with Gasteiger partial charge in [0.15, 0.2) is 0 Å². The van der Waals surface area contributed by atoms with Crippen LogP contribution in [0.5, 0.6) is 11.5 Å². The number of rotatable bonds is 7. The van der Waals surface area contributed by atoms with Gasteiger partial charge in [0.25, 0.3) is 0 Å². The minimum absolute atomic E-state index is 0.0494. The summed E-state index contributed by atoms with van der Waals surface area (Å²) < 4.78 is 5.04. The number of phenols is 1. The molecule has 0 aliphatic heterocycles. The van der Waals surface area contributed by atoms with Crippen molar-refractivity contribution < 1.29 is 14.6 Å². The van der Waals surface area contributed by atoms with Crippen LogP contribution in [0.4, 0.5) is 0 Å². The predicted molar refractivity (Wildman–Crippen MR) is 108 cm³/mol. The topological polar surface area (TPSA) is 137 Å². The van der Waals surface area contributed by atoms with Gasteiger partial charge in [-0.1, -0.05) is 24.3 Å². The summed E-state index contributed by atoms with van der Waals surface area (Å²) >= 11 is 0. The lowest BCUT2D eigenvalue weighted by atomic mass is 10.1. The first kappa shape index (κ1) is 22.4. The number of hydrogen-bond donors (Lipinski definition) is 5. The fraction of sp³-hybridized carbons (Fsp3) is 0.350. The highest BCUT2D eigenvalue weighted by molar-refractivity contribution is 5.81. The zero-order valence-electron chi connectivity index (χ0n) is 15.9. The molecule has 0 saturated carbocycles. The Hall–Kier alpha value is -2.61. The standard InChI is InChI=1S/C10H14N2O2.C10H16N2O/c1-12-10(14)9(11)6-7-2-4-8(13)5-3-7;1-13-10-4-2-8(3-5-10)6-9(12)7-11/h2-5,9,13H,6,11H2,1H3,(H,12,14);2-5,9H,6-7,11-12H2,1H3/t9-;/m0./s1. The number of methoxy groups -OCH3 is 1. The summed E-state index contributed by atoms with van der Waals surface area (Å²) in [7, 11) is 3.21. The second kappa shape index (κ2) is 11.9. The van der Waals surface area contributed by atoms with Crippen LogP contribution in [-0.2, 0) is 17.6 Å². The summed E-state index contributed by atoms with van der Waals surface area (Å²) in [5.74, 6) is 0.894. The maximum atomic E-state index is 11.1. The van der Waals surface area contributed by atoms with Gasteiger partial charge in [0.1, 0.15) is 11.5 Å². The fourth-order valence-electron chi connectivity index (χ4n) is 2.31. The van der Waals surface area contributed by atoms with E-state index in [0.29, 0.717) is 13.0 Å². The van der Waals surface area contributed by atoms with Gasteiger partial charge in [-0.25, -0.2) is 0 Å². The van der Waals surface area contributed by atoms with Crippen LogP contribution < -0.4 is 27.3 Å². The van der Waals surface area contributed by atoms with Crippen LogP contribution in [0.15, 0.2) is 48.5 Å². The highest BCUT2D eigenvalue weighted by atomic mass is 16.5. The summed E-state index contributed by atoms with van der Waals surface area (Å²) in [5, 5.41) is 11.5. The average Bonchev–Trinajstić information content (AvgIpc) is 2.70. The molecule has 0 fully saturated rings. The Balaban J connectivity index is 0.000000271. The second-order valence-corrected chi connectivity index (χ2v) is 6.14. The van der Waals surface area contributed by atoms with E-state index in [2.05, 4.69) is 5.32 Å². The third-order valence-electron chi connectivity index (χ3n) is 3.93. The van der Waals surface area contributed by atoms with Gasteiger partial charge in [0.2, 0.25) is 5.91 Å². The lowest BCUT2D eigenvalue weighted by molar-refractivity contribution is -0.121. The Labute approximate surface area is 160 Å². The number of benzene rings is 2. The third kappa shape index (κ3) is 8.54. The van der Waals surface area contributed by atoms with Gasteiger partial charge in [0, 0.05) is 19.6 Å². The number of phenolic OH excluding ortho intramolecular Hbond substituents is 1. The molecule has 7 heteroatoms. The number of nitrogens with two attached hydrogens (primary N) is 3. The molecule has 2 rings (SSSR count). The quantitative estimate of drug-likeness (QED) is 0.479. The summed E-state index contributed by atoms with van der Waals surface area (Å²) in [4.78, 5) is 11.1. The molecule has 8 N–H and O–H groups in total. The Morgan fingerprint density at radius 3 is 2.04 bits per heavy atom. The van der Waals surface area contributed by atoms with Crippen LogP contribution in [-0.4, -0.2) is 43.8 Å². The third-order valence-corrected chi connectivity index (χ3v) is 3.93. The largest absolute Gasteiger partial charge is 0.508 e. The molecule has 0 radical (unpaired) electrons. The normalized spacial score (nSPS) is 12.3. The first-order valence-electron chi connectivity index (χ1n) is 8.73. The van der Waals surface area contributed by atoms with E-state index in [9.17, 15) is 4.79 Å². The van der Waals surface area contributed by atoms with E-state index in [1.807, 2.05) is 24.3 Å². The van der Waals surface area contributed by atoms with Gasteiger partial charge < -0.3 is 32.4 Å². The predicted octanol–water partition coefficient (Wildman–Crippen LogP) is 0.532. The smallest absolute Gasteiger partial charge is 0.237 e. The maximum absolute atomic E-state index is 11.1. The number of hydrogen-bond acceptors (Lipinski definition) is 6. The minimum atomic E-state index is -0.537. The molecule has 0 aromatic heterocycles. The van der Waals surface area contributed by atoms with E-state index in [-0.39, 0.29) is 17.7 Å². The molecule has 0 aliphatic rings. The molecule has 1 amide bonds. The van der Waals surface area contributed by atoms with Crippen molar-refractivity contribution in [2.75, 3.05) is 20.7 Å². The molecule has 2 atom stereocenters. The van der Waals surface area contributed by atoms with Gasteiger partial charge in [-0.3, -0.25) is 4.79 Å². The van der Waals surface area contributed by atoms with E-state index in [4.69, 9.17) is 27.0 Å². The van der Waals surface area contributed by atoms with Crippen LogP contribution in [0, 0.1) is 0 Å². The van der Waals surface area contributed by atoms with Crippen molar-refractivity contribution in [3.63, 3.8) is 0 Å².